The fourth-order valence-corrected chi connectivity index (χ4v) is 2.68. The van der Waals surface area contributed by atoms with Crippen molar-refractivity contribution in [3.63, 3.8) is 0 Å². The molecule has 0 aromatic heterocycles. The molecule has 0 bridgehead atoms. The molecule has 6 heteroatoms. The molecule has 0 saturated carbocycles. The lowest BCUT2D eigenvalue weighted by Crippen LogP contribution is -2.40. The van der Waals surface area contributed by atoms with Gasteiger partial charge >= 0.3 is 12.0 Å². The Kier molecular flexibility index (Phi) is 5.75. The number of nitrogens with zero attached hydrogens (tertiary/aromatic N) is 1. The van der Waals surface area contributed by atoms with Crippen molar-refractivity contribution in [2.75, 3.05) is 19.7 Å². The van der Waals surface area contributed by atoms with Gasteiger partial charge in [0.15, 0.2) is 0 Å². The molecule has 1 aliphatic heterocycles. The Hall–Kier alpha value is -2.11. The number of urea groups is 1. The second-order valence-corrected chi connectivity index (χ2v) is 5.19. The Balaban J connectivity index is 1.90. The lowest BCUT2D eigenvalue weighted by Gasteiger charge is -2.25. The van der Waals surface area contributed by atoms with Gasteiger partial charge in [0.05, 0.1) is 19.1 Å². The third-order valence-electron chi connectivity index (χ3n) is 3.66. The summed E-state index contributed by atoms with van der Waals surface area (Å²) >= 11 is 0. The topological polar surface area (TPSA) is 58.6 Å². The van der Waals surface area contributed by atoms with Gasteiger partial charge in [-0.05, 0) is 37.5 Å². The number of nitrogens with one attached hydrogen (secondary N) is 1. The van der Waals surface area contributed by atoms with Crippen LogP contribution in [-0.2, 0) is 9.53 Å². The molecule has 1 aliphatic rings. The van der Waals surface area contributed by atoms with Crippen LogP contribution in [0.5, 0.6) is 0 Å². The highest BCUT2D eigenvalue weighted by atomic mass is 19.1. The molecule has 0 radical (unpaired) electrons. The van der Waals surface area contributed by atoms with Crippen LogP contribution in [0.2, 0.25) is 0 Å². The Morgan fingerprint density at radius 2 is 2.27 bits per heavy atom. The van der Waals surface area contributed by atoms with Crippen molar-refractivity contribution >= 4 is 12.0 Å². The van der Waals surface area contributed by atoms with E-state index in [4.69, 9.17) is 4.74 Å². The lowest BCUT2D eigenvalue weighted by atomic mass is 10.0. The average Bonchev–Trinajstić information content (AvgIpc) is 2.97. The zero-order chi connectivity index (χ0) is 15.9. The van der Waals surface area contributed by atoms with Gasteiger partial charge in [-0.15, -0.1) is 0 Å². The molecule has 120 valence electrons. The highest BCUT2D eigenvalue weighted by Crippen LogP contribution is 2.31. The van der Waals surface area contributed by atoms with Crippen molar-refractivity contribution in [2.24, 2.45) is 0 Å². The fourth-order valence-electron chi connectivity index (χ4n) is 2.68. The number of esters is 1. The molecule has 2 amide bonds. The van der Waals surface area contributed by atoms with Crippen LogP contribution >= 0.6 is 0 Å². The molecule has 1 heterocycles. The molecular weight excluding hydrogens is 287 g/mol. The number of ether oxygens (including phenoxy) is 1. The van der Waals surface area contributed by atoms with E-state index in [1.807, 2.05) is 6.07 Å². The van der Waals surface area contributed by atoms with E-state index in [1.54, 1.807) is 17.9 Å². The number of hydrogen-bond acceptors (Lipinski definition) is 3. The molecule has 22 heavy (non-hydrogen) atoms. The third-order valence-corrected chi connectivity index (χ3v) is 3.66. The van der Waals surface area contributed by atoms with Crippen molar-refractivity contribution in [3.8, 4) is 0 Å². The summed E-state index contributed by atoms with van der Waals surface area (Å²) < 4.78 is 18.1. The van der Waals surface area contributed by atoms with Crippen molar-refractivity contribution in [1.82, 2.24) is 10.2 Å². The van der Waals surface area contributed by atoms with Gasteiger partial charge in [-0.25, -0.2) is 9.18 Å². The van der Waals surface area contributed by atoms with Crippen molar-refractivity contribution in [1.29, 1.82) is 0 Å². The van der Waals surface area contributed by atoms with Crippen molar-refractivity contribution in [2.45, 2.75) is 32.2 Å². The summed E-state index contributed by atoms with van der Waals surface area (Å²) in [6.45, 7) is 2.95. The predicted octanol–water partition coefficient (Wildman–Crippen LogP) is 2.63. The summed E-state index contributed by atoms with van der Waals surface area (Å²) in [4.78, 5) is 25.2. The molecule has 1 saturated heterocycles. The Labute approximate surface area is 129 Å². The number of halogens is 1. The van der Waals surface area contributed by atoms with E-state index >= 15 is 0 Å². The number of carbonyl (C=O) groups is 2. The quantitative estimate of drug-likeness (QED) is 0.851. The maximum Gasteiger partial charge on any atom is 0.317 e. The van der Waals surface area contributed by atoms with Crippen LogP contribution in [0.1, 0.15) is 37.8 Å². The molecule has 1 aromatic carbocycles. The van der Waals surface area contributed by atoms with Crippen LogP contribution in [-0.4, -0.2) is 36.6 Å². The smallest absolute Gasteiger partial charge is 0.317 e. The van der Waals surface area contributed by atoms with Crippen LogP contribution < -0.4 is 5.32 Å². The first kappa shape index (κ1) is 16.3. The van der Waals surface area contributed by atoms with E-state index in [0.29, 0.717) is 13.2 Å². The van der Waals surface area contributed by atoms with Crippen molar-refractivity contribution < 1.29 is 18.7 Å². The zero-order valence-electron chi connectivity index (χ0n) is 12.7. The molecule has 0 aliphatic carbocycles. The van der Waals surface area contributed by atoms with Gasteiger partial charge in [-0.1, -0.05) is 12.1 Å². The van der Waals surface area contributed by atoms with Crippen molar-refractivity contribution in [3.05, 3.63) is 35.6 Å². The fraction of sp³-hybridized carbons (Fsp3) is 0.500. The summed E-state index contributed by atoms with van der Waals surface area (Å²) in [6.07, 6.45) is 1.85. The Bertz CT molecular complexity index is 536. The van der Waals surface area contributed by atoms with Gasteiger partial charge in [0.2, 0.25) is 0 Å². The summed E-state index contributed by atoms with van der Waals surface area (Å²) in [6, 6.07) is 6.00. The maximum atomic E-state index is 13.3. The average molecular weight is 308 g/mol. The van der Waals surface area contributed by atoms with Gasteiger partial charge in [0, 0.05) is 13.1 Å². The standard InChI is InChI=1S/C16H21FN2O3/c1-2-22-15(20)8-9-18-16(21)19-10-4-7-14(19)12-5-3-6-13(17)11-12/h3,5-6,11,14H,2,4,7-10H2,1H3,(H,18,21)/t14-/m0/s1. The van der Waals surface area contributed by atoms with Crippen LogP contribution in [0.3, 0.4) is 0 Å². The first-order valence-electron chi connectivity index (χ1n) is 7.57. The first-order chi connectivity index (χ1) is 10.6. The van der Waals surface area contributed by atoms with E-state index < -0.39 is 0 Å². The highest BCUT2D eigenvalue weighted by Gasteiger charge is 2.29. The number of carbonyl (C=O) groups excluding carboxylic acids is 2. The Morgan fingerprint density at radius 1 is 1.45 bits per heavy atom. The molecule has 0 spiro atoms. The van der Waals surface area contributed by atoms with E-state index in [-0.39, 0.29) is 36.8 Å². The normalized spacial score (nSPS) is 17.4. The van der Waals surface area contributed by atoms with Gasteiger partial charge in [-0.2, -0.15) is 0 Å². The highest BCUT2D eigenvalue weighted by molar-refractivity contribution is 5.76. The molecular formula is C16H21FN2O3. The molecule has 2 rings (SSSR count). The molecule has 1 N–H and O–H groups in total. The van der Waals surface area contributed by atoms with Crippen LogP contribution in [0, 0.1) is 5.82 Å². The van der Waals surface area contributed by atoms with E-state index in [9.17, 15) is 14.0 Å². The predicted molar refractivity (Wildman–Crippen MR) is 79.7 cm³/mol. The molecule has 1 aromatic rings. The maximum absolute atomic E-state index is 13.3. The van der Waals surface area contributed by atoms with E-state index in [2.05, 4.69) is 5.32 Å². The SMILES string of the molecule is CCOC(=O)CCNC(=O)N1CCC[C@H]1c1cccc(F)c1. The summed E-state index contributed by atoms with van der Waals surface area (Å²) in [5.74, 6) is -0.627. The van der Waals surface area contributed by atoms with Crippen LogP contribution in [0.4, 0.5) is 9.18 Å². The molecule has 0 unspecified atom stereocenters. The van der Waals surface area contributed by atoms with Crippen LogP contribution in [0.15, 0.2) is 24.3 Å². The van der Waals surface area contributed by atoms with Gasteiger partial charge in [-0.3, -0.25) is 4.79 Å². The molecule has 5 nitrogen and oxygen atoms in total. The summed E-state index contributed by atoms with van der Waals surface area (Å²) in [5, 5.41) is 2.72. The van der Waals surface area contributed by atoms with Gasteiger partial charge < -0.3 is 15.0 Å². The van der Waals surface area contributed by atoms with Crippen LogP contribution in [0.25, 0.3) is 0 Å². The minimum atomic E-state index is -0.328. The monoisotopic (exact) mass is 308 g/mol. The minimum absolute atomic E-state index is 0.113. The third kappa shape index (κ3) is 4.19. The summed E-state index contributed by atoms with van der Waals surface area (Å²) in [5.41, 5.74) is 0.804. The summed E-state index contributed by atoms with van der Waals surface area (Å²) in [7, 11) is 0. The second-order valence-electron chi connectivity index (χ2n) is 5.19. The number of rotatable bonds is 5. The number of likely N-dealkylation sites (tertiary alicyclic amines) is 1. The zero-order valence-corrected chi connectivity index (χ0v) is 12.7. The number of benzene rings is 1. The first-order valence-corrected chi connectivity index (χ1v) is 7.57. The van der Waals surface area contributed by atoms with Gasteiger partial charge in [0.1, 0.15) is 5.82 Å². The Morgan fingerprint density at radius 3 is 3.00 bits per heavy atom. The number of amides is 2. The van der Waals surface area contributed by atoms with E-state index in [0.717, 1.165) is 18.4 Å². The minimum Gasteiger partial charge on any atom is -0.466 e. The van der Waals surface area contributed by atoms with E-state index in [1.165, 1.54) is 12.1 Å². The largest absolute Gasteiger partial charge is 0.466 e. The molecule has 1 atom stereocenters. The lowest BCUT2D eigenvalue weighted by molar-refractivity contribution is -0.142. The molecule has 1 fully saturated rings. The number of hydrogen-bond donors (Lipinski definition) is 1. The second kappa shape index (κ2) is 7.77. The van der Waals surface area contributed by atoms with Gasteiger partial charge in [0.25, 0.3) is 0 Å².